The second-order valence-electron chi connectivity index (χ2n) is 2.29. The molecule has 1 unspecified atom stereocenters. The fourth-order valence-electron chi connectivity index (χ4n) is 0.860. The van der Waals surface area contributed by atoms with Gasteiger partial charge in [0.15, 0.2) is 5.69 Å². The van der Waals surface area contributed by atoms with Crippen LogP contribution in [0.25, 0.3) is 0 Å². The van der Waals surface area contributed by atoms with E-state index >= 15 is 0 Å². The highest BCUT2D eigenvalue weighted by Crippen LogP contribution is 2.24. The zero-order chi connectivity index (χ0) is 8.43. The fourth-order valence-corrected chi connectivity index (χ4v) is 0.860. The lowest BCUT2D eigenvalue weighted by atomic mass is 10.2. The monoisotopic (exact) mass is 154 g/mol. The van der Waals surface area contributed by atoms with Gasteiger partial charge in [0, 0.05) is 6.07 Å². The van der Waals surface area contributed by atoms with Gasteiger partial charge in [0.25, 0.3) is 0 Å². The minimum atomic E-state index is -0.140. The molecule has 0 saturated heterocycles. The Kier molecular flexibility index (Phi) is 1.98. The molecule has 60 valence electrons. The molecule has 4 N–H and O–H groups in total. The third-order valence-corrected chi connectivity index (χ3v) is 1.46. The van der Waals surface area contributed by atoms with E-state index in [1.807, 2.05) is 0 Å². The van der Waals surface area contributed by atoms with Crippen molar-refractivity contribution in [3.8, 4) is 5.75 Å². The molecule has 1 aromatic rings. The number of anilines is 1. The zero-order valence-electron chi connectivity index (χ0n) is 6.16. The van der Waals surface area contributed by atoms with Crippen LogP contribution in [0.1, 0.15) is 0 Å². The number of aromatic hydroxyl groups is 1. The van der Waals surface area contributed by atoms with Crippen molar-refractivity contribution < 1.29 is 10.2 Å². The van der Waals surface area contributed by atoms with Gasteiger partial charge in [-0.15, -0.1) is 0 Å². The number of nitrogens with two attached hydrogens (primary N) is 1. The summed E-state index contributed by atoms with van der Waals surface area (Å²) in [5.41, 5.74) is 5.93. The second-order valence-corrected chi connectivity index (χ2v) is 2.29. The molecular weight excluding hydrogens is 144 g/mol. The number of phenolic OH excluding ortho intramolecular Hbond substituents is 1. The number of phenols is 1. The van der Waals surface area contributed by atoms with E-state index in [1.54, 1.807) is 12.1 Å². The number of benzene rings is 1. The molecule has 1 aromatic carbocycles. The first-order valence-electron chi connectivity index (χ1n) is 3.21. The minimum Gasteiger partial charge on any atom is -0.629 e. The fraction of sp³-hybridized carbons (Fsp3) is 0.143. The quantitative estimate of drug-likeness (QED) is 0.293. The van der Waals surface area contributed by atoms with Gasteiger partial charge in [-0.2, -0.15) is 0 Å². The number of nitrogens with one attached hydrogen (secondary N) is 1. The molecule has 1 atom stereocenters. The Balaban J connectivity index is 3.17. The summed E-state index contributed by atoms with van der Waals surface area (Å²) in [7, 11) is 1.41. The Bertz CT molecular complexity index is 261. The van der Waals surface area contributed by atoms with Gasteiger partial charge in [0.1, 0.15) is 11.4 Å². The molecule has 0 aliphatic heterocycles. The molecule has 0 saturated carbocycles. The molecule has 0 aromatic heterocycles. The maximum atomic E-state index is 10.8. The van der Waals surface area contributed by atoms with Gasteiger partial charge in [-0.1, -0.05) is 6.07 Å². The van der Waals surface area contributed by atoms with E-state index in [-0.39, 0.29) is 16.5 Å². The van der Waals surface area contributed by atoms with E-state index in [0.717, 1.165) is 0 Å². The number of quaternary nitrogens is 1. The van der Waals surface area contributed by atoms with Crippen LogP contribution in [0.2, 0.25) is 0 Å². The highest BCUT2D eigenvalue weighted by atomic mass is 16.5. The van der Waals surface area contributed by atoms with Crippen molar-refractivity contribution in [3.05, 3.63) is 23.4 Å². The third kappa shape index (κ3) is 1.42. The Labute approximate surface area is 64.4 Å². The molecular formula is C7H10N2O2. The van der Waals surface area contributed by atoms with Crippen LogP contribution in [0.3, 0.4) is 0 Å². The topological polar surface area (TPSA) is 73.8 Å². The molecule has 0 radical (unpaired) electrons. The van der Waals surface area contributed by atoms with Gasteiger partial charge in [-0.25, -0.2) is 0 Å². The first kappa shape index (κ1) is 7.84. The average Bonchev–Trinajstić information content (AvgIpc) is 1.94. The van der Waals surface area contributed by atoms with E-state index in [1.165, 1.54) is 13.1 Å². The minimum absolute atomic E-state index is 0.0438. The summed E-state index contributed by atoms with van der Waals surface area (Å²) in [5.74, 6) is -0.0438. The lowest BCUT2D eigenvalue weighted by Gasteiger charge is -2.17. The maximum Gasteiger partial charge on any atom is 0.158 e. The summed E-state index contributed by atoms with van der Waals surface area (Å²) in [6, 6.07) is 4.61. The number of hydrogen-bond donors (Lipinski definition) is 3. The lowest BCUT2D eigenvalue weighted by molar-refractivity contribution is -0.750. The Morgan fingerprint density at radius 2 is 2.18 bits per heavy atom. The summed E-state index contributed by atoms with van der Waals surface area (Å²) in [6.45, 7) is 0. The molecule has 4 nitrogen and oxygen atoms in total. The van der Waals surface area contributed by atoms with Crippen molar-refractivity contribution in [1.82, 2.24) is 0 Å². The molecule has 0 bridgehead atoms. The summed E-state index contributed by atoms with van der Waals surface area (Å²) in [6.07, 6.45) is 0. The van der Waals surface area contributed by atoms with E-state index in [4.69, 9.17) is 10.8 Å². The Hall–Kier alpha value is -1.26. The van der Waals surface area contributed by atoms with E-state index in [9.17, 15) is 5.21 Å². The van der Waals surface area contributed by atoms with Crippen molar-refractivity contribution in [2.45, 2.75) is 0 Å². The molecule has 1 rings (SSSR count). The number of para-hydroxylation sites is 1. The van der Waals surface area contributed by atoms with Crippen LogP contribution >= 0.6 is 0 Å². The first-order chi connectivity index (χ1) is 5.13. The number of hydroxylamine groups is 1. The van der Waals surface area contributed by atoms with Crippen LogP contribution in [-0.4, -0.2) is 12.2 Å². The van der Waals surface area contributed by atoms with Gasteiger partial charge in [0.05, 0.1) is 7.05 Å². The zero-order valence-corrected chi connectivity index (χ0v) is 6.16. The van der Waals surface area contributed by atoms with Gasteiger partial charge in [-0.3, -0.25) is 0 Å². The molecule has 0 spiro atoms. The van der Waals surface area contributed by atoms with Crippen molar-refractivity contribution in [3.63, 3.8) is 0 Å². The van der Waals surface area contributed by atoms with Gasteiger partial charge in [-0.05, 0) is 6.07 Å². The summed E-state index contributed by atoms with van der Waals surface area (Å²) in [5, 5.41) is 19.8. The van der Waals surface area contributed by atoms with E-state index < -0.39 is 0 Å². The summed E-state index contributed by atoms with van der Waals surface area (Å²) < 4.78 is 0. The van der Waals surface area contributed by atoms with E-state index in [0.29, 0.717) is 5.69 Å². The largest absolute Gasteiger partial charge is 0.629 e. The van der Waals surface area contributed by atoms with Crippen LogP contribution < -0.4 is 10.8 Å². The van der Waals surface area contributed by atoms with E-state index in [2.05, 4.69) is 0 Å². The normalized spacial score (nSPS) is 12.9. The molecule has 0 aliphatic carbocycles. The molecule has 0 heterocycles. The maximum absolute atomic E-state index is 10.8. The molecule has 4 heteroatoms. The number of rotatable bonds is 1. The Morgan fingerprint density at radius 1 is 1.55 bits per heavy atom. The molecule has 0 amide bonds. The van der Waals surface area contributed by atoms with Crippen LogP contribution in [0.15, 0.2) is 18.2 Å². The summed E-state index contributed by atoms with van der Waals surface area (Å²) in [4.78, 5) is 0. The standard InChI is InChI=1S/C7H10N2O2/c1-9(11)5-3-2-4-6(10)7(5)8/h2-4,9-10H,8H2,1H3. The van der Waals surface area contributed by atoms with Crippen molar-refractivity contribution in [2.75, 3.05) is 12.8 Å². The number of nitrogen functional groups attached to an aromatic ring is 1. The molecule has 0 aliphatic rings. The van der Waals surface area contributed by atoms with Gasteiger partial charge in [0.2, 0.25) is 0 Å². The van der Waals surface area contributed by atoms with Gasteiger partial charge >= 0.3 is 0 Å². The first-order valence-corrected chi connectivity index (χ1v) is 3.21. The lowest BCUT2D eigenvalue weighted by Crippen LogP contribution is -2.98. The number of hydrogen-bond acceptors (Lipinski definition) is 3. The SMILES string of the molecule is C[NH+]([O-])c1cccc(O)c1N. The highest BCUT2D eigenvalue weighted by molar-refractivity contribution is 5.65. The van der Waals surface area contributed by atoms with Crippen LogP contribution in [-0.2, 0) is 0 Å². The average molecular weight is 154 g/mol. The predicted molar refractivity (Wildman–Crippen MR) is 42.4 cm³/mol. The van der Waals surface area contributed by atoms with Crippen molar-refractivity contribution in [1.29, 1.82) is 0 Å². The van der Waals surface area contributed by atoms with Crippen LogP contribution in [0.5, 0.6) is 5.75 Å². The third-order valence-electron chi connectivity index (χ3n) is 1.46. The van der Waals surface area contributed by atoms with Gasteiger partial charge < -0.3 is 21.1 Å². The van der Waals surface area contributed by atoms with Crippen LogP contribution in [0, 0.1) is 5.21 Å². The molecule has 0 fully saturated rings. The van der Waals surface area contributed by atoms with Crippen LogP contribution in [0.4, 0.5) is 11.4 Å². The Morgan fingerprint density at radius 3 is 2.64 bits per heavy atom. The second kappa shape index (κ2) is 2.77. The highest BCUT2D eigenvalue weighted by Gasteiger charge is 2.06. The van der Waals surface area contributed by atoms with Crippen molar-refractivity contribution >= 4 is 11.4 Å². The summed E-state index contributed by atoms with van der Waals surface area (Å²) >= 11 is 0. The molecule has 11 heavy (non-hydrogen) atoms. The predicted octanol–water partition coefficient (Wildman–Crippen LogP) is -0.382. The smallest absolute Gasteiger partial charge is 0.158 e. The van der Waals surface area contributed by atoms with Crippen molar-refractivity contribution in [2.24, 2.45) is 0 Å².